The van der Waals surface area contributed by atoms with Gasteiger partial charge < -0.3 is 10.4 Å². The summed E-state index contributed by atoms with van der Waals surface area (Å²) in [7, 11) is 0. The smallest absolute Gasteiger partial charge is 0.117 e. The third kappa shape index (κ3) is 1.64. The van der Waals surface area contributed by atoms with Crippen LogP contribution in [0.1, 0.15) is 12.8 Å². The van der Waals surface area contributed by atoms with Gasteiger partial charge in [-0.15, -0.1) is 0 Å². The molecule has 0 heterocycles. The summed E-state index contributed by atoms with van der Waals surface area (Å²) < 4.78 is 0. The molecule has 2 nitrogen and oxygen atoms in total. The standard InChI is InChI=1S/C9H11NO/c11-9-3-1-2-8(6-9)10-7-4-5-7/h1-3,6-7,10-11H,4-5H2. The number of hydrogen-bond acceptors (Lipinski definition) is 2. The van der Waals surface area contributed by atoms with Crippen molar-refractivity contribution in [3.63, 3.8) is 0 Å². The van der Waals surface area contributed by atoms with Crippen LogP contribution in [0.25, 0.3) is 0 Å². The zero-order valence-electron chi connectivity index (χ0n) is 6.25. The van der Waals surface area contributed by atoms with E-state index in [1.807, 2.05) is 12.1 Å². The summed E-state index contributed by atoms with van der Waals surface area (Å²) in [5.41, 5.74) is 1.02. The SMILES string of the molecule is Oc1cccc(NC2CC2)c1. The lowest BCUT2D eigenvalue weighted by atomic mass is 10.3. The summed E-state index contributed by atoms with van der Waals surface area (Å²) in [5.74, 6) is 0.329. The van der Waals surface area contributed by atoms with E-state index in [1.165, 1.54) is 12.8 Å². The molecule has 1 aromatic rings. The van der Waals surface area contributed by atoms with Gasteiger partial charge in [-0.25, -0.2) is 0 Å². The third-order valence-electron chi connectivity index (χ3n) is 1.79. The Morgan fingerprint density at radius 3 is 2.82 bits per heavy atom. The van der Waals surface area contributed by atoms with E-state index in [0.717, 1.165) is 5.69 Å². The van der Waals surface area contributed by atoms with Gasteiger partial charge in [-0.3, -0.25) is 0 Å². The molecule has 0 radical (unpaired) electrons. The van der Waals surface area contributed by atoms with Gasteiger partial charge in [-0.2, -0.15) is 0 Å². The molecule has 2 rings (SSSR count). The second-order valence-electron chi connectivity index (χ2n) is 2.97. The Bertz CT molecular complexity index is 255. The fourth-order valence-electron chi connectivity index (χ4n) is 1.06. The molecule has 2 N–H and O–H groups in total. The molecule has 11 heavy (non-hydrogen) atoms. The quantitative estimate of drug-likeness (QED) is 0.673. The Morgan fingerprint density at radius 2 is 2.18 bits per heavy atom. The van der Waals surface area contributed by atoms with E-state index in [0.29, 0.717) is 11.8 Å². The second-order valence-corrected chi connectivity index (χ2v) is 2.97. The maximum Gasteiger partial charge on any atom is 0.117 e. The summed E-state index contributed by atoms with van der Waals surface area (Å²) in [6, 6.07) is 7.89. The van der Waals surface area contributed by atoms with Crippen molar-refractivity contribution < 1.29 is 5.11 Å². The number of hydrogen-bond donors (Lipinski definition) is 2. The van der Waals surface area contributed by atoms with Gasteiger partial charge >= 0.3 is 0 Å². The van der Waals surface area contributed by atoms with Crippen LogP contribution in [0.2, 0.25) is 0 Å². The van der Waals surface area contributed by atoms with E-state index in [4.69, 9.17) is 5.11 Å². The number of anilines is 1. The summed E-state index contributed by atoms with van der Waals surface area (Å²) in [6.07, 6.45) is 2.52. The number of benzene rings is 1. The van der Waals surface area contributed by atoms with Gasteiger partial charge in [0.15, 0.2) is 0 Å². The van der Waals surface area contributed by atoms with E-state index in [9.17, 15) is 0 Å². The molecule has 0 spiro atoms. The molecule has 58 valence electrons. The molecule has 0 aromatic heterocycles. The molecule has 1 aromatic carbocycles. The molecule has 0 amide bonds. The van der Waals surface area contributed by atoms with Gasteiger partial charge in [0.05, 0.1) is 0 Å². The maximum absolute atomic E-state index is 9.11. The van der Waals surface area contributed by atoms with Crippen LogP contribution in [0.5, 0.6) is 5.75 Å². The second kappa shape index (κ2) is 2.46. The summed E-state index contributed by atoms with van der Waals surface area (Å²) in [5, 5.41) is 12.4. The van der Waals surface area contributed by atoms with Crippen molar-refractivity contribution in [3.8, 4) is 5.75 Å². The summed E-state index contributed by atoms with van der Waals surface area (Å²) in [6.45, 7) is 0. The lowest BCUT2D eigenvalue weighted by Crippen LogP contribution is -1.99. The highest BCUT2D eigenvalue weighted by molar-refractivity contribution is 5.49. The number of aromatic hydroxyl groups is 1. The van der Waals surface area contributed by atoms with Crippen molar-refractivity contribution in [1.29, 1.82) is 0 Å². The molecule has 1 aliphatic rings. The van der Waals surface area contributed by atoms with Crippen LogP contribution >= 0.6 is 0 Å². The fourth-order valence-corrected chi connectivity index (χ4v) is 1.06. The Morgan fingerprint density at radius 1 is 1.36 bits per heavy atom. The van der Waals surface area contributed by atoms with Gasteiger partial charge in [0.2, 0.25) is 0 Å². The predicted octanol–water partition coefficient (Wildman–Crippen LogP) is 1.97. The van der Waals surface area contributed by atoms with Crippen LogP contribution in [-0.2, 0) is 0 Å². The third-order valence-corrected chi connectivity index (χ3v) is 1.79. The van der Waals surface area contributed by atoms with Crippen molar-refractivity contribution >= 4 is 5.69 Å². The first-order valence-corrected chi connectivity index (χ1v) is 3.90. The van der Waals surface area contributed by atoms with Crippen molar-refractivity contribution in [2.75, 3.05) is 5.32 Å². The molecule has 0 saturated heterocycles. The summed E-state index contributed by atoms with van der Waals surface area (Å²) >= 11 is 0. The van der Waals surface area contributed by atoms with E-state index < -0.39 is 0 Å². The molecule has 1 saturated carbocycles. The Kier molecular flexibility index (Phi) is 1.46. The Labute approximate surface area is 65.9 Å². The van der Waals surface area contributed by atoms with E-state index >= 15 is 0 Å². The predicted molar refractivity (Wildman–Crippen MR) is 44.8 cm³/mol. The highest BCUT2D eigenvalue weighted by atomic mass is 16.3. The van der Waals surface area contributed by atoms with Gasteiger partial charge in [0.1, 0.15) is 5.75 Å². The minimum absolute atomic E-state index is 0.329. The number of phenolic OH excluding ortho intramolecular Hbond substituents is 1. The molecule has 1 fully saturated rings. The first kappa shape index (κ1) is 6.53. The summed E-state index contributed by atoms with van der Waals surface area (Å²) in [4.78, 5) is 0. The van der Waals surface area contributed by atoms with Crippen LogP contribution in [0.4, 0.5) is 5.69 Å². The molecular formula is C9H11NO. The first-order valence-electron chi connectivity index (χ1n) is 3.90. The molecule has 2 heteroatoms. The van der Waals surface area contributed by atoms with Gasteiger partial charge in [0, 0.05) is 17.8 Å². The van der Waals surface area contributed by atoms with Crippen LogP contribution in [0.15, 0.2) is 24.3 Å². The largest absolute Gasteiger partial charge is 0.508 e. The zero-order valence-corrected chi connectivity index (χ0v) is 6.25. The van der Waals surface area contributed by atoms with Crippen molar-refractivity contribution in [2.24, 2.45) is 0 Å². The fraction of sp³-hybridized carbons (Fsp3) is 0.333. The van der Waals surface area contributed by atoms with Gasteiger partial charge in [0.25, 0.3) is 0 Å². The van der Waals surface area contributed by atoms with Crippen LogP contribution in [-0.4, -0.2) is 11.1 Å². The van der Waals surface area contributed by atoms with E-state index in [2.05, 4.69) is 5.32 Å². The molecule has 1 aliphatic carbocycles. The normalized spacial score (nSPS) is 16.4. The Hall–Kier alpha value is -1.18. The number of rotatable bonds is 2. The molecule has 0 atom stereocenters. The molecule has 0 aliphatic heterocycles. The monoisotopic (exact) mass is 149 g/mol. The number of nitrogens with one attached hydrogen (secondary N) is 1. The Balaban J connectivity index is 2.10. The number of phenols is 1. The lowest BCUT2D eigenvalue weighted by molar-refractivity contribution is 0.475. The molecular weight excluding hydrogens is 138 g/mol. The van der Waals surface area contributed by atoms with Crippen molar-refractivity contribution in [2.45, 2.75) is 18.9 Å². The average molecular weight is 149 g/mol. The van der Waals surface area contributed by atoms with Crippen molar-refractivity contribution in [3.05, 3.63) is 24.3 Å². The van der Waals surface area contributed by atoms with Crippen LogP contribution in [0, 0.1) is 0 Å². The van der Waals surface area contributed by atoms with Gasteiger partial charge in [-0.05, 0) is 25.0 Å². The van der Waals surface area contributed by atoms with Crippen LogP contribution in [0.3, 0.4) is 0 Å². The first-order chi connectivity index (χ1) is 5.34. The highest BCUT2D eigenvalue weighted by Crippen LogP contribution is 2.25. The minimum atomic E-state index is 0.329. The maximum atomic E-state index is 9.11. The molecule has 0 unspecified atom stereocenters. The highest BCUT2D eigenvalue weighted by Gasteiger charge is 2.20. The minimum Gasteiger partial charge on any atom is -0.508 e. The van der Waals surface area contributed by atoms with Crippen molar-refractivity contribution in [1.82, 2.24) is 0 Å². The topological polar surface area (TPSA) is 32.3 Å². The van der Waals surface area contributed by atoms with Gasteiger partial charge in [-0.1, -0.05) is 6.07 Å². The molecule has 0 bridgehead atoms. The van der Waals surface area contributed by atoms with E-state index in [1.54, 1.807) is 12.1 Å². The lowest BCUT2D eigenvalue weighted by Gasteiger charge is -2.03. The average Bonchev–Trinajstić information content (AvgIpc) is 2.71. The van der Waals surface area contributed by atoms with E-state index in [-0.39, 0.29) is 0 Å². The van der Waals surface area contributed by atoms with Crippen LogP contribution < -0.4 is 5.32 Å². The zero-order chi connectivity index (χ0) is 7.68.